The zero-order valence-electron chi connectivity index (χ0n) is 14.4. The largest absolute Gasteiger partial charge is 0.446 e. The maximum absolute atomic E-state index is 12.2. The van der Waals surface area contributed by atoms with Gasteiger partial charge in [0.2, 0.25) is 11.8 Å². The van der Waals surface area contributed by atoms with Gasteiger partial charge in [-0.25, -0.2) is 0 Å². The fraction of sp³-hybridized carbons (Fsp3) is 0.412. The molecule has 25 heavy (non-hydrogen) atoms. The number of hydrogen-bond donors (Lipinski definition) is 2. The number of alkyl halides is 3. The molecule has 0 bridgehead atoms. The summed E-state index contributed by atoms with van der Waals surface area (Å²) in [7, 11) is 0. The lowest BCUT2D eigenvalue weighted by Gasteiger charge is -2.23. The number of benzene rings is 1. The molecule has 0 saturated heterocycles. The van der Waals surface area contributed by atoms with Crippen molar-refractivity contribution in [3.05, 3.63) is 35.9 Å². The smallest absolute Gasteiger partial charge is 0.350 e. The van der Waals surface area contributed by atoms with E-state index in [0.717, 1.165) is 0 Å². The molecule has 0 radical (unpaired) electrons. The Balaban J connectivity index is 2.57. The third kappa shape index (κ3) is 9.19. The topological polar surface area (TPSA) is 58.2 Å². The highest BCUT2D eigenvalue weighted by Gasteiger charge is 2.28. The van der Waals surface area contributed by atoms with Gasteiger partial charge in [0, 0.05) is 16.5 Å². The number of rotatable bonds is 5. The van der Waals surface area contributed by atoms with Gasteiger partial charge in [0.05, 0.1) is 0 Å². The molecule has 8 heteroatoms. The van der Waals surface area contributed by atoms with Crippen LogP contribution in [-0.2, 0) is 9.59 Å². The van der Waals surface area contributed by atoms with Gasteiger partial charge in [0.15, 0.2) is 0 Å². The lowest BCUT2D eigenvalue weighted by atomic mass is 10.1. The van der Waals surface area contributed by atoms with Gasteiger partial charge in [0.25, 0.3) is 0 Å². The zero-order chi connectivity index (χ0) is 19.3. The number of carbonyl (C=O) groups is 2. The number of halogens is 3. The predicted octanol–water partition coefficient (Wildman–Crippen LogP) is 3.73. The van der Waals surface area contributed by atoms with Crippen LogP contribution < -0.4 is 10.6 Å². The van der Waals surface area contributed by atoms with Gasteiger partial charge in [-0.15, -0.1) is 0 Å². The molecule has 0 aliphatic carbocycles. The third-order valence-electron chi connectivity index (χ3n) is 2.79. The van der Waals surface area contributed by atoms with Gasteiger partial charge in [-0.2, -0.15) is 13.2 Å². The van der Waals surface area contributed by atoms with E-state index in [1.807, 2.05) is 20.8 Å². The number of carbonyl (C=O) groups excluding carboxylic acids is 2. The van der Waals surface area contributed by atoms with E-state index in [-0.39, 0.29) is 22.6 Å². The summed E-state index contributed by atoms with van der Waals surface area (Å²) >= 11 is -0.198. The minimum atomic E-state index is -4.33. The molecule has 0 saturated carbocycles. The monoisotopic (exact) mass is 374 g/mol. The van der Waals surface area contributed by atoms with Crippen LogP contribution in [0.4, 0.5) is 13.2 Å². The first-order valence-electron chi connectivity index (χ1n) is 7.52. The van der Waals surface area contributed by atoms with Crippen LogP contribution in [0.1, 0.15) is 33.3 Å². The highest BCUT2D eigenvalue weighted by molar-refractivity contribution is 8.00. The first-order valence-corrected chi connectivity index (χ1v) is 8.34. The van der Waals surface area contributed by atoms with E-state index >= 15 is 0 Å². The van der Waals surface area contributed by atoms with Crippen molar-refractivity contribution in [3.63, 3.8) is 0 Å². The zero-order valence-corrected chi connectivity index (χ0v) is 15.2. The fourth-order valence-corrected chi connectivity index (χ4v) is 2.30. The van der Waals surface area contributed by atoms with Crippen molar-refractivity contribution < 1.29 is 22.8 Å². The molecule has 1 rings (SSSR count). The predicted molar refractivity (Wildman–Crippen MR) is 92.9 cm³/mol. The van der Waals surface area contributed by atoms with Gasteiger partial charge in [-0.3, -0.25) is 9.59 Å². The Morgan fingerprint density at radius 1 is 1.12 bits per heavy atom. The summed E-state index contributed by atoms with van der Waals surface area (Å²) < 4.78 is 36.7. The summed E-state index contributed by atoms with van der Waals surface area (Å²) in [5.41, 5.74) is -4.16. The minimum Gasteiger partial charge on any atom is -0.350 e. The average Bonchev–Trinajstić information content (AvgIpc) is 2.43. The quantitative estimate of drug-likeness (QED) is 0.610. The fourth-order valence-electron chi connectivity index (χ4n) is 1.76. The van der Waals surface area contributed by atoms with Crippen molar-refractivity contribution in [3.8, 4) is 0 Å². The van der Waals surface area contributed by atoms with Crippen molar-refractivity contribution in [2.45, 2.75) is 49.7 Å². The molecule has 1 aromatic rings. The van der Waals surface area contributed by atoms with Crippen LogP contribution in [0.25, 0.3) is 6.08 Å². The third-order valence-corrected chi connectivity index (χ3v) is 3.53. The Morgan fingerprint density at radius 2 is 1.68 bits per heavy atom. The molecule has 0 aliphatic heterocycles. The van der Waals surface area contributed by atoms with Crippen molar-refractivity contribution in [1.82, 2.24) is 10.6 Å². The number of nitrogens with one attached hydrogen (secondary N) is 2. The van der Waals surface area contributed by atoms with Crippen LogP contribution in [0.2, 0.25) is 0 Å². The molecule has 0 heterocycles. The summed E-state index contributed by atoms with van der Waals surface area (Å²) in [5.74, 6) is -0.770. The van der Waals surface area contributed by atoms with Crippen molar-refractivity contribution in [2.24, 2.45) is 0 Å². The summed E-state index contributed by atoms with van der Waals surface area (Å²) in [5, 5.41) is 5.28. The van der Waals surface area contributed by atoms with E-state index in [4.69, 9.17) is 0 Å². The van der Waals surface area contributed by atoms with Gasteiger partial charge in [0.1, 0.15) is 6.04 Å². The van der Waals surface area contributed by atoms with E-state index in [2.05, 4.69) is 10.6 Å². The SMILES string of the molecule is CC(NC(=O)/C=C/c1ccc(SC(F)(F)F)cc1)C(=O)NC(C)(C)C. The van der Waals surface area contributed by atoms with Crippen LogP contribution in [0.3, 0.4) is 0 Å². The lowest BCUT2D eigenvalue weighted by Crippen LogP contribution is -2.50. The highest BCUT2D eigenvalue weighted by atomic mass is 32.2. The Hall–Kier alpha value is -1.96. The molecule has 138 valence electrons. The molecule has 0 spiro atoms. The van der Waals surface area contributed by atoms with E-state index in [1.54, 1.807) is 6.92 Å². The van der Waals surface area contributed by atoms with Crippen LogP contribution >= 0.6 is 11.8 Å². The number of amides is 2. The van der Waals surface area contributed by atoms with Crippen LogP contribution in [0, 0.1) is 0 Å². The van der Waals surface area contributed by atoms with E-state index < -0.39 is 23.0 Å². The summed E-state index contributed by atoms with van der Waals surface area (Å²) in [6.45, 7) is 7.07. The minimum absolute atomic E-state index is 0.0709. The second-order valence-electron chi connectivity index (χ2n) is 6.42. The van der Waals surface area contributed by atoms with Gasteiger partial charge >= 0.3 is 5.51 Å². The van der Waals surface area contributed by atoms with Crippen LogP contribution in [0.5, 0.6) is 0 Å². The second kappa shape index (κ2) is 8.42. The van der Waals surface area contributed by atoms with Gasteiger partial charge < -0.3 is 10.6 Å². The van der Waals surface area contributed by atoms with E-state index in [9.17, 15) is 22.8 Å². The molecular formula is C17H21F3N2O2S. The summed E-state index contributed by atoms with van der Waals surface area (Å²) in [6.07, 6.45) is 2.69. The molecule has 2 N–H and O–H groups in total. The Kier molecular flexibility index (Phi) is 7.10. The van der Waals surface area contributed by atoms with Crippen molar-refractivity contribution in [1.29, 1.82) is 0 Å². The van der Waals surface area contributed by atoms with Crippen molar-refractivity contribution in [2.75, 3.05) is 0 Å². The number of thioether (sulfide) groups is 1. The molecule has 1 unspecified atom stereocenters. The van der Waals surface area contributed by atoms with Crippen molar-refractivity contribution >= 4 is 29.7 Å². The maximum atomic E-state index is 12.2. The Labute approximate surface area is 149 Å². The van der Waals surface area contributed by atoms with E-state index in [1.165, 1.54) is 36.4 Å². The maximum Gasteiger partial charge on any atom is 0.446 e. The van der Waals surface area contributed by atoms with Crippen LogP contribution in [-0.4, -0.2) is 28.9 Å². The first-order chi connectivity index (χ1) is 11.4. The van der Waals surface area contributed by atoms with Gasteiger partial charge in [-0.05, 0) is 63.2 Å². The molecule has 1 atom stereocenters. The second-order valence-corrected chi connectivity index (χ2v) is 7.56. The molecule has 0 fully saturated rings. The molecule has 2 amide bonds. The standard InChI is InChI=1S/C17H21F3N2O2S/c1-11(15(24)22-16(2,3)4)21-14(23)10-7-12-5-8-13(9-6-12)25-17(18,19)20/h5-11H,1-4H3,(H,21,23)(H,22,24)/b10-7+. The lowest BCUT2D eigenvalue weighted by molar-refractivity contribution is -0.127. The molecule has 1 aromatic carbocycles. The van der Waals surface area contributed by atoms with E-state index in [0.29, 0.717) is 5.56 Å². The molecule has 0 aromatic heterocycles. The summed E-state index contributed by atoms with van der Waals surface area (Å²) in [6, 6.07) is 4.91. The van der Waals surface area contributed by atoms with Crippen LogP contribution in [0.15, 0.2) is 35.2 Å². The van der Waals surface area contributed by atoms with Gasteiger partial charge in [-0.1, -0.05) is 12.1 Å². The molecular weight excluding hydrogens is 353 g/mol. The summed E-state index contributed by atoms with van der Waals surface area (Å²) in [4.78, 5) is 23.8. The Bertz CT molecular complexity index is 635. The average molecular weight is 374 g/mol. The molecule has 4 nitrogen and oxygen atoms in total. The normalized spacial score (nSPS) is 13.6. The first kappa shape index (κ1) is 21.1. The molecule has 0 aliphatic rings. The number of hydrogen-bond acceptors (Lipinski definition) is 3. The highest BCUT2D eigenvalue weighted by Crippen LogP contribution is 2.36. The Morgan fingerprint density at radius 3 is 2.16 bits per heavy atom.